The van der Waals surface area contributed by atoms with Crippen LogP contribution in [-0.4, -0.2) is 6.54 Å². The molecule has 0 N–H and O–H groups in total. The molecule has 4 nitrogen and oxygen atoms in total. The predicted octanol–water partition coefficient (Wildman–Crippen LogP) is 6.04. The van der Waals surface area contributed by atoms with Crippen molar-refractivity contribution < 1.29 is 4.74 Å². The minimum Gasteiger partial charge on any atom is -0.369 e. The third-order valence-corrected chi connectivity index (χ3v) is 4.50. The lowest BCUT2D eigenvalue weighted by Crippen LogP contribution is -2.08. The smallest absolute Gasteiger partial charge is 0.0885 e. The highest BCUT2D eigenvalue weighted by Gasteiger charge is 2.11. The summed E-state index contributed by atoms with van der Waals surface area (Å²) in [7, 11) is 0. The molecular weight excluding hydrogens is 334 g/mol. The molecule has 0 fully saturated rings. The summed E-state index contributed by atoms with van der Waals surface area (Å²) in [5.41, 5.74) is 13.4. The lowest BCUT2D eigenvalue weighted by atomic mass is 10.0. The van der Waals surface area contributed by atoms with E-state index < -0.39 is 0 Å². The molecule has 0 amide bonds. The average Bonchev–Trinajstić information content (AvgIpc) is 2.74. The Morgan fingerprint density at radius 2 is 1.30 bits per heavy atom. The van der Waals surface area contributed by atoms with Crippen molar-refractivity contribution in [3.8, 4) is 0 Å². The van der Waals surface area contributed by atoms with E-state index in [1.165, 1.54) is 11.1 Å². The molecule has 3 aromatic carbocycles. The Bertz CT molecular complexity index is 857. The quantitative estimate of drug-likeness (QED) is 0.262. The second kappa shape index (κ2) is 10.2. The van der Waals surface area contributed by atoms with Crippen LogP contribution in [0, 0.1) is 0 Å². The van der Waals surface area contributed by atoms with E-state index in [0.29, 0.717) is 6.61 Å². The predicted molar refractivity (Wildman–Crippen MR) is 108 cm³/mol. The van der Waals surface area contributed by atoms with Crippen molar-refractivity contribution in [2.24, 2.45) is 5.11 Å². The zero-order chi connectivity index (χ0) is 18.7. The molecule has 3 rings (SSSR count). The zero-order valence-corrected chi connectivity index (χ0v) is 15.2. The highest BCUT2D eigenvalue weighted by atomic mass is 16.5. The first-order chi connectivity index (χ1) is 13.3. The summed E-state index contributed by atoms with van der Waals surface area (Å²) in [5, 5.41) is 3.68. The fourth-order valence-corrected chi connectivity index (χ4v) is 2.97. The molecule has 0 radical (unpaired) electrons. The molecule has 0 aliphatic heterocycles. The number of rotatable bonds is 9. The van der Waals surface area contributed by atoms with E-state index in [0.717, 1.165) is 24.0 Å². The summed E-state index contributed by atoms with van der Waals surface area (Å²) in [5.74, 6) is 0. The first-order valence-electron chi connectivity index (χ1n) is 9.14. The van der Waals surface area contributed by atoms with Crippen LogP contribution in [0.25, 0.3) is 10.4 Å². The lowest BCUT2D eigenvalue weighted by molar-refractivity contribution is 0.0457. The summed E-state index contributed by atoms with van der Waals surface area (Å²) < 4.78 is 6.02. The van der Waals surface area contributed by atoms with Gasteiger partial charge in [-0.1, -0.05) is 90.0 Å². The SMILES string of the molecule is [N-]=[N+]=NC[C@@H](OCc1ccc(CCc2ccccc2)cc1)c1ccccc1. The minimum absolute atomic E-state index is 0.236. The largest absolute Gasteiger partial charge is 0.369 e. The first-order valence-corrected chi connectivity index (χ1v) is 9.14. The van der Waals surface area contributed by atoms with E-state index in [1.54, 1.807) is 0 Å². The Hall–Kier alpha value is -3.07. The average molecular weight is 357 g/mol. The van der Waals surface area contributed by atoms with Crippen LogP contribution in [0.2, 0.25) is 0 Å². The van der Waals surface area contributed by atoms with Gasteiger partial charge in [-0.3, -0.25) is 0 Å². The fourth-order valence-electron chi connectivity index (χ4n) is 2.97. The van der Waals surface area contributed by atoms with Gasteiger partial charge in [-0.05, 0) is 40.6 Å². The molecule has 0 aromatic heterocycles. The minimum atomic E-state index is -0.236. The number of azide groups is 1. The number of benzene rings is 3. The van der Waals surface area contributed by atoms with E-state index in [9.17, 15) is 0 Å². The molecule has 0 unspecified atom stereocenters. The molecule has 0 spiro atoms. The summed E-state index contributed by atoms with van der Waals surface area (Å²) >= 11 is 0. The van der Waals surface area contributed by atoms with Gasteiger partial charge in [0.2, 0.25) is 0 Å². The molecule has 1 atom stereocenters. The molecular formula is C23H23N3O. The number of ether oxygens (including phenoxy) is 1. The molecule has 0 aliphatic carbocycles. The van der Waals surface area contributed by atoms with Crippen LogP contribution in [-0.2, 0) is 24.2 Å². The van der Waals surface area contributed by atoms with Crippen LogP contribution in [0.3, 0.4) is 0 Å². The molecule has 0 aliphatic rings. The van der Waals surface area contributed by atoms with Crippen LogP contribution >= 0.6 is 0 Å². The van der Waals surface area contributed by atoms with E-state index in [-0.39, 0.29) is 12.6 Å². The fraction of sp³-hybridized carbons (Fsp3) is 0.217. The third kappa shape index (κ3) is 6.00. The van der Waals surface area contributed by atoms with E-state index in [1.807, 2.05) is 36.4 Å². The second-order valence-corrected chi connectivity index (χ2v) is 6.43. The highest BCUT2D eigenvalue weighted by Crippen LogP contribution is 2.20. The molecule has 0 saturated carbocycles. The lowest BCUT2D eigenvalue weighted by Gasteiger charge is -2.16. The molecule has 0 saturated heterocycles. The van der Waals surface area contributed by atoms with Crippen molar-refractivity contribution in [3.05, 3.63) is 118 Å². The normalized spacial score (nSPS) is 11.6. The highest BCUT2D eigenvalue weighted by molar-refractivity contribution is 5.24. The van der Waals surface area contributed by atoms with Gasteiger partial charge in [0.05, 0.1) is 19.3 Å². The summed E-state index contributed by atoms with van der Waals surface area (Å²) in [6, 6.07) is 28.9. The molecule has 0 heterocycles. The molecule has 27 heavy (non-hydrogen) atoms. The third-order valence-electron chi connectivity index (χ3n) is 4.50. The Morgan fingerprint density at radius 3 is 1.93 bits per heavy atom. The van der Waals surface area contributed by atoms with Crippen LogP contribution in [0.15, 0.2) is 90.0 Å². The standard InChI is InChI=1S/C23H23N3O/c24-26-25-17-23(22-9-5-2-6-10-22)27-18-21-15-13-20(14-16-21)12-11-19-7-3-1-4-8-19/h1-10,13-16,23H,11-12,17-18H2/t23-/m1/s1. The van der Waals surface area contributed by atoms with Gasteiger partial charge in [0.1, 0.15) is 0 Å². The van der Waals surface area contributed by atoms with Gasteiger partial charge in [-0.15, -0.1) is 0 Å². The van der Waals surface area contributed by atoms with Crippen LogP contribution in [0.5, 0.6) is 0 Å². The van der Waals surface area contributed by atoms with Gasteiger partial charge in [-0.2, -0.15) is 0 Å². The summed E-state index contributed by atoms with van der Waals surface area (Å²) in [6.45, 7) is 0.773. The number of hydrogen-bond donors (Lipinski definition) is 0. The van der Waals surface area contributed by atoms with Gasteiger partial charge in [-0.25, -0.2) is 0 Å². The van der Waals surface area contributed by atoms with Crippen molar-refractivity contribution in [1.29, 1.82) is 0 Å². The van der Waals surface area contributed by atoms with Crippen molar-refractivity contribution in [2.45, 2.75) is 25.6 Å². The first kappa shape index (κ1) is 18.7. The van der Waals surface area contributed by atoms with Gasteiger partial charge in [0, 0.05) is 4.91 Å². The van der Waals surface area contributed by atoms with Crippen molar-refractivity contribution >= 4 is 0 Å². The van der Waals surface area contributed by atoms with Crippen LogP contribution < -0.4 is 0 Å². The van der Waals surface area contributed by atoms with Crippen molar-refractivity contribution in [2.75, 3.05) is 6.54 Å². The molecule has 0 bridgehead atoms. The number of hydrogen-bond acceptors (Lipinski definition) is 2. The Kier molecular flexibility index (Phi) is 7.05. The maximum absolute atomic E-state index is 8.61. The molecule has 4 heteroatoms. The topological polar surface area (TPSA) is 58.0 Å². The summed E-state index contributed by atoms with van der Waals surface area (Å²) in [4.78, 5) is 2.86. The Morgan fingerprint density at radius 1 is 0.741 bits per heavy atom. The van der Waals surface area contributed by atoms with Gasteiger partial charge < -0.3 is 4.74 Å². The number of nitrogens with zero attached hydrogens (tertiary/aromatic N) is 3. The van der Waals surface area contributed by atoms with Crippen LogP contribution in [0.4, 0.5) is 0 Å². The van der Waals surface area contributed by atoms with E-state index in [4.69, 9.17) is 10.3 Å². The van der Waals surface area contributed by atoms with E-state index in [2.05, 4.69) is 58.6 Å². The van der Waals surface area contributed by atoms with Crippen molar-refractivity contribution in [1.82, 2.24) is 0 Å². The Labute approximate surface area is 160 Å². The van der Waals surface area contributed by atoms with Crippen LogP contribution in [0.1, 0.15) is 28.4 Å². The van der Waals surface area contributed by atoms with Gasteiger partial charge in [0.25, 0.3) is 0 Å². The summed E-state index contributed by atoms with van der Waals surface area (Å²) in [6.07, 6.45) is 1.83. The van der Waals surface area contributed by atoms with Gasteiger partial charge >= 0.3 is 0 Å². The molecule has 3 aromatic rings. The van der Waals surface area contributed by atoms with Gasteiger partial charge in [0.15, 0.2) is 0 Å². The monoisotopic (exact) mass is 357 g/mol. The Balaban J connectivity index is 1.55. The molecule has 136 valence electrons. The maximum Gasteiger partial charge on any atom is 0.0885 e. The zero-order valence-electron chi connectivity index (χ0n) is 15.2. The number of aryl methyl sites for hydroxylation is 2. The second-order valence-electron chi connectivity index (χ2n) is 6.43. The van der Waals surface area contributed by atoms with E-state index >= 15 is 0 Å². The maximum atomic E-state index is 8.61. The van der Waals surface area contributed by atoms with Crippen molar-refractivity contribution in [3.63, 3.8) is 0 Å².